The number of unbranched alkanes of at least 4 members (excludes halogenated alkanes) is 1. The van der Waals surface area contributed by atoms with Crippen LogP contribution in [-0.4, -0.2) is 15.9 Å². The van der Waals surface area contributed by atoms with Crippen LogP contribution < -0.4 is 4.74 Å². The lowest BCUT2D eigenvalue weighted by molar-refractivity contribution is 0.101. The molecule has 0 unspecified atom stereocenters. The number of Topliss-reactive ketones (excluding diaryl/α,β-unsaturated/α-hetero) is 1. The van der Waals surface area contributed by atoms with Crippen LogP contribution in [0.15, 0.2) is 73.0 Å². The summed E-state index contributed by atoms with van der Waals surface area (Å²) in [4.78, 5) is 16.5. The molecule has 33 heavy (non-hydrogen) atoms. The molecule has 0 aliphatic heterocycles. The predicted molar refractivity (Wildman–Crippen MR) is 134 cm³/mol. The Labute approximate surface area is 197 Å². The molecule has 2 aromatic carbocycles. The standard InChI is InChI=1S/C29H33NO3/c1-5-6-10-29(33-26-18-17-23(20(2)19-26)12-11-21(3)31)28-9-7-8-27(30-28)25-15-13-24(14-16-25)22(4)32/h7-9,13-19,29,31H,3,5-6,10-12H2,1-2,4H3/t29-/m0/s1. The van der Waals surface area contributed by atoms with Gasteiger partial charge in [0.1, 0.15) is 11.9 Å². The van der Waals surface area contributed by atoms with Crippen LogP contribution in [0, 0.1) is 6.92 Å². The summed E-state index contributed by atoms with van der Waals surface area (Å²) >= 11 is 0. The minimum Gasteiger partial charge on any atom is -0.513 e. The molecule has 0 bridgehead atoms. The number of aryl methyl sites for hydroxylation is 2. The van der Waals surface area contributed by atoms with E-state index < -0.39 is 0 Å². The van der Waals surface area contributed by atoms with Gasteiger partial charge in [-0.3, -0.25) is 4.79 Å². The Balaban J connectivity index is 1.83. The van der Waals surface area contributed by atoms with Gasteiger partial charge in [-0.15, -0.1) is 0 Å². The van der Waals surface area contributed by atoms with Crippen LogP contribution in [0.1, 0.15) is 72.8 Å². The molecule has 4 nitrogen and oxygen atoms in total. The van der Waals surface area contributed by atoms with E-state index in [4.69, 9.17) is 9.72 Å². The van der Waals surface area contributed by atoms with Gasteiger partial charge in [0.05, 0.1) is 17.1 Å². The normalized spacial score (nSPS) is 11.7. The first-order valence-corrected chi connectivity index (χ1v) is 11.6. The number of benzene rings is 2. The highest BCUT2D eigenvalue weighted by Gasteiger charge is 2.16. The molecular formula is C29H33NO3. The summed E-state index contributed by atoms with van der Waals surface area (Å²) in [6, 6.07) is 19.7. The van der Waals surface area contributed by atoms with Crippen molar-refractivity contribution in [2.75, 3.05) is 0 Å². The minimum atomic E-state index is -0.149. The summed E-state index contributed by atoms with van der Waals surface area (Å²) in [5.74, 6) is 1.08. The second kappa shape index (κ2) is 11.5. The predicted octanol–water partition coefficient (Wildman–Crippen LogP) is 7.57. The smallest absolute Gasteiger partial charge is 0.159 e. The second-order valence-electron chi connectivity index (χ2n) is 8.48. The summed E-state index contributed by atoms with van der Waals surface area (Å²) in [6.45, 7) is 9.37. The highest BCUT2D eigenvalue weighted by Crippen LogP contribution is 2.29. The Bertz CT molecular complexity index is 1100. The molecule has 0 aliphatic rings. The molecule has 0 fully saturated rings. The molecule has 0 saturated heterocycles. The van der Waals surface area contributed by atoms with E-state index in [0.717, 1.165) is 53.9 Å². The molecule has 1 aromatic heterocycles. The van der Waals surface area contributed by atoms with Gasteiger partial charge in [0.25, 0.3) is 0 Å². The van der Waals surface area contributed by atoms with E-state index in [1.54, 1.807) is 6.92 Å². The molecule has 1 N–H and O–H groups in total. The van der Waals surface area contributed by atoms with Gasteiger partial charge in [-0.25, -0.2) is 4.98 Å². The van der Waals surface area contributed by atoms with Crippen LogP contribution in [0.2, 0.25) is 0 Å². The SMILES string of the molecule is C=C(O)CCc1ccc(O[C@@H](CCCC)c2cccc(-c3ccc(C(C)=O)cc3)n2)cc1C. The van der Waals surface area contributed by atoms with Crippen molar-refractivity contribution in [3.8, 4) is 17.0 Å². The Hall–Kier alpha value is -3.40. The van der Waals surface area contributed by atoms with Gasteiger partial charge >= 0.3 is 0 Å². The van der Waals surface area contributed by atoms with Crippen LogP contribution in [0.4, 0.5) is 0 Å². The van der Waals surface area contributed by atoms with Crippen LogP contribution >= 0.6 is 0 Å². The first-order valence-electron chi connectivity index (χ1n) is 11.6. The van der Waals surface area contributed by atoms with Gasteiger partial charge < -0.3 is 9.84 Å². The fraction of sp³-hybridized carbons (Fsp3) is 0.310. The Morgan fingerprint density at radius 3 is 2.52 bits per heavy atom. The zero-order valence-electron chi connectivity index (χ0n) is 19.8. The summed E-state index contributed by atoms with van der Waals surface area (Å²) in [5, 5.41) is 9.39. The average molecular weight is 444 g/mol. The third-order valence-electron chi connectivity index (χ3n) is 5.78. The van der Waals surface area contributed by atoms with Crippen molar-refractivity contribution in [1.82, 2.24) is 4.98 Å². The van der Waals surface area contributed by atoms with E-state index in [1.807, 2.05) is 48.5 Å². The largest absolute Gasteiger partial charge is 0.513 e. The number of hydrogen-bond donors (Lipinski definition) is 1. The van der Waals surface area contributed by atoms with Gasteiger partial charge in [0.15, 0.2) is 5.78 Å². The van der Waals surface area contributed by atoms with Gasteiger partial charge in [-0.05, 0) is 68.5 Å². The monoisotopic (exact) mass is 443 g/mol. The highest BCUT2D eigenvalue weighted by atomic mass is 16.5. The Morgan fingerprint density at radius 1 is 1.12 bits per heavy atom. The number of aromatic nitrogens is 1. The van der Waals surface area contributed by atoms with Crippen molar-refractivity contribution in [3.05, 3.63) is 95.4 Å². The fourth-order valence-corrected chi connectivity index (χ4v) is 3.79. The molecule has 3 rings (SSSR count). The summed E-state index contributed by atoms with van der Waals surface area (Å²) in [7, 11) is 0. The molecule has 0 aliphatic carbocycles. The molecule has 172 valence electrons. The quantitative estimate of drug-likeness (QED) is 0.245. The van der Waals surface area contributed by atoms with Crippen LogP contribution in [0.3, 0.4) is 0 Å². The Kier molecular flexibility index (Phi) is 8.42. The lowest BCUT2D eigenvalue weighted by Gasteiger charge is -2.20. The number of hydrogen-bond acceptors (Lipinski definition) is 4. The molecule has 0 radical (unpaired) electrons. The van der Waals surface area contributed by atoms with Crippen molar-refractivity contribution in [3.63, 3.8) is 0 Å². The number of aliphatic hydroxyl groups excluding tert-OH is 1. The first kappa shape index (κ1) is 24.2. The number of ketones is 1. The topological polar surface area (TPSA) is 59.4 Å². The molecule has 3 aromatic rings. The highest BCUT2D eigenvalue weighted by molar-refractivity contribution is 5.94. The molecule has 4 heteroatoms. The summed E-state index contributed by atoms with van der Waals surface area (Å²) in [6.07, 6.45) is 4.16. The lowest BCUT2D eigenvalue weighted by atomic mass is 10.0. The lowest BCUT2D eigenvalue weighted by Crippen LogP contribution is -2.10. The van der Waals surface area contributed by atoms with E-state index in [-0.39, 0.29) is 17.6 Å². The molecule has 0 amide bonds. The number of carbonyl (C=O) groups excluding carboxylic acids is 1. The number of aliphatic hydroxyl groups is 1. The van der Waals surface area contributed by atoms with Crippen LogP contribution in [-0.2, 0) is 6.42 Å². The Morgan fingerprint density at radius 2 is 1.88 bits per heavy atom. The maximum Gasteiger partial charge on any atom is 0.159 e. The van der Waals surface area contributed by atoms with Crippen LogP contribution in [0.5, 0.6) is 5.75 Å². The number of rotatable bonds is 11. The number of nitrogens with zero attached hydrogens (tertiary/aromatic N) is 1. The van der Waals surface area contributed by atoms with Crippen molar-refractivity contribution in [2.24, 2.45) is 0 Å². The van der Waals surface area contributed by atoms with E-state index in [0.29, 0.717) is 12.0 Å². The number of allylic oxidation sites excluding steroid dienone is 1. The second-order valence-corrected chi connectivity index (χ2v) is 8.48. The van der Waals surface area contributed by atoms with Crippen molar-refractivity contribution < 1.29 is 14.6 Å². The van der Waals surface area contributed by atoms with E-state index >= 15 is 0 Å². The van der Waals surface area contributed by atoms with E-state index in [9.17, 15) is 9.90 Å². The van der Waals surface area contributed by atoms with E-state index in [2.05, 4.69) is 32.6 Å². The van der Waals surface area contributed by atoms with E-state index in [1.165, 1.54) is 5.56 Å². The van der Waals surface area contributed by atoms with Crippen molar-refractivity contribution >= 4 is 5.78 Å². The first-order chi connectivity index (χ1) is 15.9. The van der Waals surface area contributed by atoms with Gasteiger partial charge in [-0.2, -0.15) is 0 Å². The molecule has 1 heterocycles. The fourth-order valence-electron chi connectivity index (χ4n) is 3.79. The molecule has 0 saturated carbocycles. The summed E-state index contributed by atoms with van der Waals surface area (Å²) < 4.78 is 6.43. The van der Waals surface area contributed by atoms with Gasteiger partial charge in [-0.1, -0.05) is 56.3 Å². The van der Waals surface area contributed by atoms with Crippen molar-refractivity contribution in [1.29, 1.82) is 0 Å². The minimum absolute atomic E-state index is 0.0545. The average Bonchev–Trinajstić information content (AvgIpc) is 2.81. The van der Waals surface area contributed by atoms with Gasteiger partial charge in [0.2, 0.25) is 0 Å². The third-order valence-corrected chi connectivity index (χ3v) is 5.78. The summed E-state index contributed by atoms with van der Waals surface area (Å²) in [5.41, 5.74) is 5.74. The molecule has 1 atom stereocenters. The number of carbonyl (C=O) groups is 1. The van der Waals surface area contributed by atoms with Gasteiger partial charge in [0, 0.05) is 17.5 Å². The number of ether oxygens (including phenoxy) is 1. The zero-order chi connectivity index (χ0) is 23.8. The maximum atomic E-state index is 11.6. The third kappa shape index (κ3) is 6.79. The number of pyridine rings is 1. The maximum absolute atomic E-state index is 11.6. The zero-order valence-corrected chi connectivity index (χ0v) is 19.8. The molecule has 0 spiro atoms. The van der Waals surface area contributed by atoms with Crippen LogP contribution in [0.25, 0.3) is 11.3 Å². The molecular weight excluding hydrogens is 410 g/mol. The van der Waals surface area contributed by atoms with Crippen molar-refractivity contribution in [2.45, 2.75) is 59.0 Å².